The van der Waals surface area contributed by atoms with Crippen molar-refractivity contribution in [3.8, 4) is 5.75 Å². The van der Waals surface area contributed by atoms with Crippen molar-refractivity contribution in [2.45, 2.75) is 4.90 Å². The van der Waals surface area contributed by atoms with Gasteiger partial charge in [-0.15, -0.1) is 12.6 Å². The van der Waals surface area contributed by atoms with Gasteiger partial charge in [-0.2, -0.15) is 0 Å². The molecule has 0 aliphatic heterocycles. The molecule has 1 rings (SSSR count). The van der Waals surface area contributed by atoms with Gasteiger partial charge in [0.2, 0.25) is 0 Å². The van der Waals surface area contributed by atoms with E-state index in [1.165, 1.54) is 13.2 Å². The van der Waals surface area contributed by atoms with E-state index in [4.69, 9.17) is 4.74 Å². The van der Waals surface area contributed by atoms with Crippen LogP contribution in [0.5, 0.6) is 5.75 Å². The first-order valence-electron chi connectivity index (χ1n) is 2.87. The Hall–Kier alpha value is -0.220. The molecule has 0 N–H and O–H groups in total. The van der Waals surface area contributed by atoms with Crippen molar-refractivity contribution < 1.29 is 9.13 Å². The van der Waals surface area contributed by atoms with E-state index in [-0.39, 0.29) is 10.7 Å². The lowest BCUT2D eigenvalue weighted by Crippen LogP contribution is -1.87. The molecule has 0 aliphatic rings. The van der Waals surface area contributed by atoms with Crippen molar-refractivity contribution in [1.82, 2.24) is 0 Å². The highest BCUT2D eigenvalue weighted by atomic mass is 79.9. The molecule has 0 fully saturated rings. The van der Waals surface area contributed by atoms with E-state index in [1.54, 1.807) is 6.07 Å². The molecule has 0 amide bonds. The molecule has 1 aromatic rings. The van der Waals surface area contributed by atoms with Crippen LogP contribution in [0.2, 0.25) is 0 Å². The van der Waals surface area contributed by atoms with Gasteiger partial charge in [-0.05, 0) is 12.1 Å². The normalized spacial score (nSPS) is 9.82. The Morgan fingerprint density at radius 1 is 1.55 bits per heavy atom. The summed E-state index contributed by atoms with van der Waals surface area (Å²) in [6.07, 6.45) is 0. The summed E-state index contributed by atoms with van der Waals surface area (Å²) in [7, 11) is 1.47. The minimum Gasteiger partial charge on any atom is -0.495 e. The smallest absolute Gasteiger partial charge is 0.141 e. The Kier molecular flexibility index (Phi) is 2.78. The van der Waals surface area contributed by atoms with E-state index in [0.717, 1.165) is 0 Å². The van der Waals surface area contributed by atoms with Gasteiger partial charge >= 0.3 is 0 Å². The predicted octanol–water partition coefficient (Wildman–Crippen LogP) is 2.89. The summed E-state index contributed by atoms with van der Waals surface area (Å²) in [5.41, 5.74) is 0. The minimum atomic E-state index is -0.389. The van der Waals surface area contributed by atoms with Gasteiger partial charge in [-0.1, -0.05) is 15.9 Å². The second-order valence-corrected chi connectivity index (χ2v) is 3.30. The maximum absolute atomic E-state index is 12.8. The summed E-state index contributed by atoms with van der Waals surface area (Å²) in [6.45, 7) is 0. The molecule has 1 nitrogen and oxygen atoms in total. The first-order valence-corrected chi connectivity index (χ1v) is 4.11. The highest BCUT2D eigenvalue weighted by Crippen LogP contribution is 2.29. The van der Waals surface area contributed by atoms with Gasteiger partial charge in [0, 0.05) is 4.47 Å². The number of ether oxygens (including phenoxy) is 1. The fraction of sp³-hybridized carbons (Fsp3) is 0.143. The summed E-state index contributed by atoms with van der Waals surface area (Å²) >= 11 is 7.05. The van der Waals surface area contributed by atoms with Gasteiger partial charge in [-0.3, -0.25) is 0 Å². The monoisotopic (exact) mass is 236 g/mol. The van der Waals surface area contributed by atoms with Crippen LogP contribution in [0, 0.1) is 5.82 Å². The molecule has 11 heavy (non-hydrogen) atoms. The Morgan fingerprint density at radius 2 is 2.18 bits per heavy atom. The fourth-order valence-electron chi connectivity index (χ4n) is 0.698. The quantitative estimate of drug-likeness (QED) is 0.739. The Bertz CT molecular complexity index is 277. The summed E-state index contributed by atoms with van der Waals surface area (Å²) in [5.74, 6) is 0.0415. The number of halogens is 2. The van der Waals surface area contributed by atoms with Crippen LogP contribution in [-0.2, 0) is 0 Å². The predicted molar refractivity (Wildman–Crippen MR) is 47.9 cm³/mol. The fourth-order valence-corrected chi connectivity index (χ4v) is 1.33. The number of rotatable bonds is 1. The lowest BCUT2D eigenvalue weighted by atomic mass is 10.3. The topological polar surface area (TPSA) is 9.23 Å². The van der Waals surface area contributed by atoms with Gasteiger partial charge in [-0.25, -0.2) is 4.39 Å². The second kappa shape index (κ2) is 3.45. The van der Waals surface area contributed by atoms with E-state index >= 15 is 0 Å². The van der Waals surface area contributed by atoms with Crippen molar-refractivity contribution in [3.05, 3.63) is 22.4 Å². The zero-order chi connectivity index (χ0) is 8.43. The van der Waals surface area contributed by atoms with Gasteiger partial charge in [0.15, 0.2) is 0 Å². The molecule has 0 unspecified atom stereocenters. The van der Waals surface area contributed by atoms with E-state index in [9.17, 15) is 4.39 Å². The van der Waals surface area contributed by atoms with Crippen molar-refractivity contribution in [1.29, 1.82) is 0 Å². The first kappa shape index (κ1) is 8.87. The lowest BCUT2D eigenvalue weighted by Gasteiger charge is -2.04. The van der Waals surface area contributed by atoms with Crippen LogP contribution in [0.15, 0.2) is 21.5 Å². The Labute approximate surface area is 78.1 Å². The van der Waals surface area contributed by atoms with Crippen molar-refractivity contribution in [2.24, 2.45) is 0 Å². The van der Waals surface area contributed by atoms with Crippen LogP contribution in [0.4, 0.5) is 4.39 Å². The van der Waals surface area contributed by atoms with Crippen LogP contribution in [0.1, 0.15) is 0 Å². The highest BCUT2D eigenvalue weighted by Gasteiger charge is 2.05. The molecule has 0 heterocycles. The minimum absolute atomic E-state index is 0.232. The van der Waals surface area contributed by atoms with Crippen LogP contribution in [0.25, 0.3) is 0 Å². The van der Waals surface area contributed by atoms with E-state index < -0.39 is 0 Å². The van der Waals surface area contributed by atoms with Gasteiger partial charge in [0.25, 0.3) is 0 Å². The van der Waals surface area contributed by atoms with Crippen LogP contribution >= 0.6 is 28.6 Å². The molecule has 0 radical (unpaired) electrons. The Morgan fingerprint density at radius 3 is 2.73 bits per heavy atom. The third-order valence-electron chi connectivity index (χ3n) is 1.21. The maximum atomic E-state index is 12.8. The third-order valence-corrected chi connectivity index (χ3v) is 2.10. The summed E-state index contributed by atoms with van der Waals surface area (Å²) in [5, 5.41) is 0. The third kappa shape index (κ3) is 1.87. The first-order chi connectivity index (χ1) is 5.15. The molecule has 4 heteroatoms. The maximum Gasteiger partial charge on any atom is 0.141 e. The van der Waals surface area contributed by atoms with E-state index in [0.29, 0.717) is 10.2 Å². The molecule has 0 bridgehead atoms. The lowest BCUT2D eigenvalue weighted by molar-refractivity contribution is 0.397. The van der Waals surface area contributed by atoms with Gasteiger partial charge in [0.05, 0.1) is 12.0 Å². The molecule has 60 valence electrons. The summed E-state index contributed by atoms with van der Waals surface area (Å²) < 4.78 is 18.3. The number of hydrogen-bond donors (Lipinski definition) is 1. The summed E-state index contributed by atoms with van der Waals surface area (Å²) in [4.78, 5) is 0.232. The SMILES string of the molecule is COc1cc(Br)cc(F)c1S. The highest BCUT2D eigenvalue weighted by molar-refractivity contribution is 9.10. The molecule has 0 spiro atoms. The molecule has 0 aliphatic carbocycles. The Balaban J connectivity index is 3.24. The van der Waals surface area contributed by atoms with Gasteiger partial charge in [0.1, 0.15) is 11.6 Å². The van der Waals surface area contributed by atoms with Crippen molar-refractivity contribution in [3.63, 3.8) is 0 Å². The molecular formula is C7H6BrFOS. The molecule has 0 saturated heterocycles. The standard InChI is InChI=1S/C7H6BrFOS/c1-10-6-3-4(8)2-5(9)7(6)11/h2-3,11H,1H3. The van der Waals surface area contributed by atoms with Crippen LogP contribution in [-0.4, -0.2) is 7.11 Å². The van der Waals surface area contributed by atoms with Crippen molar-refractivity contribution >= 4 is 28.6 Å². The number of thiol groups is 1. The second-order valence-electron chi connectivity index (χ2n) is 1.94. The molecule has 0 aromatic heterocycles. The van der Waals surface area contributed by atoms with Crippen LogP contribution < -0.4 is 4.74 Å². The average molecular weight is 237 g/mol. The largest absolute Gasteiger partial charge is 0.495 e. The van der Waals surface area contributed by atoms with Crippen LogP contribution in [0.3, 0.4) is 0 Å². The van der Waals surface area contributed by atoms with Gasteiger partial charge < -0.3 is 4.74 Å². The number of hydrogen-bond acceptors (Lipinski definition) is 2. The molecule has 0 saturated carbocycles. The summed E-state index contributed by atoms with van der Waals surface area (Å²) in [6, 6.07) is 3.00. The average Bonchev–Trinajstić information content (AvgIpc) is 1.96. The zero-order valence-electron chi connectivity index (χ0n) is 5.77. The molecule has 0 atom stereocenters. The van der Waals surface area contributed by atoms with E-state index in [2.05, 4.69) is 28.6 Å². The number of methoxy groups -OCH3 is 1. The zero-order valence-corrected chi connectivity index (χ0v) is 8.25. The molecular weight excluding hydrogens is 231 g/mol. The van der Waals surface area contributed by atoms with Crippen molar-refractivity contribution in [2.75, 3.05) is 7.11 Å². The molecule has 1 aromatic carbocycles. The number of benzene rings is 1. The van der Waals surface area contributed by atoms with E-state index in [1.807, 2.05) is 0 Å².